The van der Waals surface area contributed by atoms with Gasteiger partial charge in [-0.05, 0) is 48.7 Å². The minimum Gasteiger partial charge on any atom is -0.371 e. The molecule has 2 amide bonds. The Morgan fingerprint density at radius 2 is 1.79 bits per heavy atom. The molecule has 2 aliphatic heterocycles. The highest BCUT2D eigenvalue weighted by molar-refractivity contribution is 5.89. The molecule has 0 aromatic heterocycles. The fraction of sp³-hybridized carbons (Fsp3) is 0.417. The van der Waals surface area contributed by atoms with E-state index >= 15 is 0 Å². The van der Waals surface area contributed by atoms with Crippen molar-refractivity contribution in [2.75, 3.05) is 29.9 Å². The van der Waals surface area contributed by atoms with Crippen molar-refractivity contribution in [1.82, 2.24) is 10.6 Å². The Balaban J connectivity index is 1.29. The average molecular weight is 461 g/mol. The van der Waals surface area contributed by atoms with Gasteiger partial charge in [0.05, 0.1) is 11.8 Å². The van der Waals surface area contributed by atoms with Crippen molar-refractivity contribution in [2.45, 2.75) is 32.0 Å². The summed E-state index contributed by atoms with van der Waals surface area (Å²) in [5.41, 5.74) is 3.56. The van der Waals surface area contributed by atoms with Crippen molar-refractivity contribution in [3.05, 3.63) is 54.1 Å². The minimum absolute atomic E-state index is 0.0968. The number of amides is 2. The Morgan fingerprint density at radius 3 is 2.42 bits per heavy atom. The van der Waals surface area contributed by atoms with Crippen LogP contribution >= 0.6 is 0 Å². The Bertz CT molecular complexity index is 986. The summed E-state index contributed by atoms with van der Waals surface area (Å²) in [6.07, 6.45) is -3.65. The third-order valence-electron chi connectivity index (χ3n) is 6.23. The van der Waals surface area contributed by atoms with Crippen molar-refractivity contribution >= 4 is 28.9 Å². The Morgan fingerprint density at radius 1 is 1.06 bits per heavy atom. The van der Waals surface area contributed by atoms with Crippen LogP contribution in [0.2, 0.25) is 0 Å². The Labute approximate surface area is 190 Å². The van der Waals surface area contributed by atoms with Crippen LogP contribution in [0.25, 0.3) is 0 Å². The van der Waals surface area contributed by atoms with Crippen LogP contribution in [-0.2, 0) is 16.1 Å². The van der Waals surface area contributed by atoms with Gasteiger partial charge in [-0.15, -0.1) is 0 Å². The first kappa shape index (κ1) is 22.9. The lowest BCUT2D eigenvalue weighted by Gasteiger charge is -2.34. The van der Waals surface area contributed by atoms with Crippen molar-refractivity contribution in [1.29, 1.82) is 0 Å². The molecule has 2 aromatic carbocycles. The molecule has 1 unspecified atom stereocenters. The first-order chi connectivity index (χ1) is 15.8. The van der Waals surface area contributed by atoms with Gasteiger partial charge < -0.3 is 20.9 Å². The topological polar surface area (TPSA) is 73.5 Å². The quantitative estimate of drug-likeness (QED) is 0.610. The van der Waals surface area contributed by atoms with Gasteiger partial charge in [-0.3, -0.25) is 9.59 Å². The molecule has 4 rings (SSSR count). The normalized spacial score (nSPS) is 19.3. The molecule has 0 saturated carbocycles. The number of rotatable bonds is 6. The fourth-order valence-corrected chi connectivity index (χ4v) is 4.24. The third kappa shape index (κ3) is 5.97. The monoisotopic (exact) mass is 460 g/mol. The Hall–Kier alpha value is -3.23. The zero-order valence-corrected chi connectivity index (χ0v) is 18.1. The standard InChI is InChI=1S/C24H27F3N4O2/c25-24(26,27)18-8-10-31(11-9-18)21-3-1-2-20(13-21)30-19-6-4-16(5-7-19)14-29-23(33)17-12-22(32)28-15-17/h1-7,13,17-18,30H,8-12,14-15H2,(H,28,32)(H,29,33). The first-order valence-electron chi connectivity index (χ1n) is 11.1. The van der Waals surface area contributed by atoms with E-state index in [4.69, 9.17) is 0 Å². The molecule has 2 heterocycles. The number of hydrogen-bond acceptors (Lipinski definition) is 4. The van der Waals surface area contributed by atoms with Crippen LogP contribution in [0.5, 0.6) is 0 Å². The first-order valence-corrected chi connectivity index (χ1v) is 11.1. The van der Waals surface area contributed by atoms with Crippen molar-refractivity contribution in [3.8, 4) is 0 Å². The number of nitrogens with one attached hydrogen (secondary N) is 3. The van der Waals surface area contributed by atoms with Gasteiger partial charge in [-0.1, -0.05) is 18.2 Å². The van der Waals surface area contributed by atoms with Gasteiger partial charge in [-0.25, -0.2) is 0 Å². The van der Waals surface area contributed by atoms with Crippen LogP contribution in [0, 0.1) is 11.8 Å². The second-order valence-electron chi connectivity index (χ2n) is 8.60. The summed E-state index contributed by atoms with van der Waals surface area (Å²) >= 11 is 0. The molecule has 176 valence electrons. The predicted molar refractivity (Wildman–Crippen MR) is 120 cm³/mol. The lowest BCUT2D eigenvalue weighted by molar-refractivity contribution is -0.179. The average Bonchev–Trinajstić information content (AvgIpc) is 3.24. The van der Waals surface area contributed by atoms with E-state index in [1.807, 2.05) is 53.4 Å². The highest BCUT2D eigenvalue weighted by atomic mass is 19.4. The summed E-state index contributed by atoms with van der Waals surface area (Å²) in [4.78, 5) is 25.4. The number of carbonyl (C=O) groups is 2. The summed E-state index contributed by atoms with van der Waals surface area (Å²) in [6.45, 7) is 1.54. The number of alkyl halides is 3. The van der Waals surface area contributed by atoms with Crippen LogP contribution in [0.15, 0.2) is 48.5 Å². The highest BCUT2D eigenvalue weighted by Crippen LogP contribution is 2.35. The second kappa shape index (κ2) is 9.72. The van der Waals surface area contributed by atoms with E-state index in [0.29, 0.717) is 26.2 Å². The molecular formula is C24H27F3N4O2. The zero-order chi connectivity index (χ0) is 23.4. The molecule has 6 nitrogen and oxygen atoms in total. The third-order valence-corrected chi connectivity index (χ3v) is 6.23. The maximum absolute atomic E-state index is 12.9. The number of halogens is 3. The van der Waals surface area contributed by atoms with Crippen molar-refractivity contribution in [2.24, 2.45) is 11.8 Å². The molecule has 1 atom stereocenters. The number of nitrogens with zero attached hydrogens (tertiary/aromatic N) is 1. The summed E-state index contributed by atoms with van der Waals surface area (Å²) in [7, 11) is 0. The van der Waals surface area contributed by atoms with Gasteiger partial charge in [-0.2, -0.15) is 13.2 Å². The van der Waals surface area contributed by atoms with E-state index in [2.05, 4.69) is 16.0 Å². The largest absolute Gasteiger partial charge is 0.391 e. The molecule has 0 aliphatic carbocycles. The van der Waals surface area contributed by atoms with Gasteiger partial charge in [0.2, 0.25) is 11.8 Å². The highest BCUT2D eigenvalue weighted by Gasteiger charge is 2.41. The number of anilines is 3. The van der Waals surface area contributed by atoms with E-state index in [1.54, 1.807) is 0 Å². The second-order valence-corrected chi connectivity index (χ2v) is 8.60. The smallest absolute Gasteiger partial charge is 0.371 e. The summed E-state index contributed by atoms with van der Waals surface area (Å²) in [6, 6.07) is 15.3. The molecule has 0 spiro atoms. The maximum Gasteiger partial charge on any atom is 0.391 e. The zero-order valence-electron chi connectivity index (χ0n) is 18.1. The van der Waals surface area contributed by atoms with Gasteiger partial charge in [0.1, 0.15) is 0 Å². The molecule has 2 saturated heterocycles. The molecule has 0 radical (unpaired) electrons. The summed E-state index contributed by atoms with van der Waals surface area (Å²) in [5.74, 6) is -1.76. The molecular weight excluding hydrogens is 433 g/mol. The van der Waals surface area contributed by atoms with E-state index in [-0.39, 0.29) is 37.0 Å². The van der Waals surface area contributed by atoms with E-state index < -0.39 is 12.1 Å². The van der Waals surface area contributed by atoms with Crippen molar-refractivity contribution in [3.63, 3.8) is 0 Å². The molecule has 3 N–H and O–H groups in total. The molecule has 9 heteroatoms. The molecule has 2 fully saturated rings. The molecule has 33 heavy (non-hydrogen) atoms. The summed E-state index contributed by atoms with van der Waals surface area (Å²) in [5, 5.41) is 8.83. The number of carbonyl (C=O) groups excluding carboxylic acids is 2. The van der Waals surface area contributed by atoms with E-state index in [9.17, 15) is 22.8 Å². The Kier molecular flexibility index (Phi) is 6.76. The van der Waals surface area contributed by atoms with Crippen LogP contribution in [-0.4, -0.2) is 37.6 Å². The van der Waals surface area contributed by atoms with Gasteiger partial charge in [0.15, 0.2) is 0 Å². The maximum atomic E-state index is 12.9. The molecule has 2 aliphatic rings. The minimum atomic E-state index is -4.11. The lowest BCUT2D eigenvalue weighted by atomic mass is 9.96. The SMILES string of the molecule is O=C1CC(C(=O)NCc2ccc(Nc3cccc(N4CCC(C(F)(F)F)CC4)c3)cc2)CN1. The van der Waals surface area contributed by atoms with Crippen LogP contribution in [0.1, 0.15) is 24.8 Å². The van der Waals surface area contributed by atoms with Crippen molar-refractivity contribution < 1.29 is 22.8 Å². The predicted octanol–water partition coefficient (Wildman–Crippen LogP) is 3.96. The number of hydrogen-bond donors (Lipinski definition) is 3. The van der Waals surface area contributed by atoms with Gasteiger partial charge in [0, 0.05) is 49.7 Å². The number of piperidine rings is 1. The lowest BCUT2D eigenvalue weighted by Crippen LogP contribution is -2.39. The molecule has 0 bridgehead atoms. The van der Waals surface area contributed by atoms with E-state index in [0.717, 1.165) is 22.6 Å². The van der Waals surface area contributed by atoms with Gasteiger partial charge in [0.25, 0.3) is 0 Å². The van der Waals surface area contributed by atoms with Gasteiger partial charge >= 0.3 is 6.18 Å². The molecule has 2 aromatic rings. The van der Waals surface area contributed by atoms with Crippen LogP contribution in [0.4, 0.5) is 30.2 Å². The van der Waals surface area contributed by atoms with Crippen LogP contribution < -0.4 is 20.9 Å². The summed E-state index contributed by atoms with van der Waals surface area (Å²) < 4.78 is 38.7. The van der Waals surface area contributed by atoms with Crippen LogP contribution in [0.3, 0.4) is 0 Å². The fourth-order valence-electron chi connectivity index (χ4n) is 4.24. The number of benzene rings is 2. The van der Waals surface area contributed by atoms with E-state index in [1.165, 1.54) is 0 Å².